The molecule has 0 N–H and O–H groups in total. The van der Waals surface area contributed by atoms with Crippen molar-refractivity contribution in [2.24, 2.45) is 0 Å². The summed E-state index contributed by atoms with van der Waals surface area (Å²) in [5.41, 5.74) is 1.86. The van der Waals surface area contributed by atoms with Gasteiger partial charge in [0.2, 0.25) is 0 Å². The molecule has 0 bridgehead atoms. The van der Waals surface area contributed by atoms with Gasteiger partial charge in [-0.15, -0.1) is 0 Å². The summed E-state index contributed by atoms with van der Waals surface area (Å²) in [4.78, 5) is 23.2. The Morgan fingerprint density at radius 1 is 0.371 bits per heavy atom. The van der Waals surface area contributed by atoms with E-state index in [4.69, 9.17) is 9.47 Å². The van der Waals surface area contributed by atoms with Gasteiger partial charge in [-0.25, -0.2) is 16.8 Å². The Morgan fingerprint density at radius 2 is 0.600 bits per heavy atom. The van der Waals surface area contributed by atoms with Crippen molar-refractivity contribution in [3.63, 3.8) is 0 Å². The zero-order valence-corrected chi connectivity index (χ0v) is 42.4. The summed E-state index contributed by atoms with van der Waals surface area (Å²) in [6.07, 6.45) is 1.77. The molecule has 70 heavy (non-hydrogen) atoms. The molecule has 8 aromatic carbocycles. The third-order valence-electron chi connectivity index (χ3n) is 11.3. The van der Waals surface area contributed by atoms with E-state index in [1.807, 2.05) is 38.1 Å². The summed E-state index contributed by atoms with van der Waals surface area (Å²) in [5.74, 6) is 0.396. The molecule has 0 radical (unpaired) electrons. The van der Waals surface area contributed by atoms with Gasteiger partial charge in [-0.3, -0.25) is 9.59 Å². The molecule has 10 nitrogen and oxygen atoms in total. The minimum Gasteiger partial charge on any atom is -0.744 e. The maximum absolute atomic E-state index is 11.8. The number of carbonyl (C=O) groups is 2. The van der Waals surface area contributed by atoms with Crippen molar-refractivity contribution in [1.82, 2.24) is 0 Å². The van der Waals surface area contributed by atoms with E-state index in [-0.39, 0.29) is 21.7 Å². The largest absolute Gasteiger partial charge is 0.744 e. The normalized spacial score (nSPS) is 11.5. The lowest BCUT2D eigenvalue weighted by Crippen LogP contribution is -2.39. The Kier molecular flexibility index (Phi) is 17.9. The summed E-state index contributed by atoms with van der Waals surface area (Å²) in [6.45, 7) is 6.49. The lowest BCUT2D eigenvalue weighted by molar-refractivity contribution is -0.132. The van der Waals surface area contributed by atoms with Gasteiger partial charge in [0.25, 0.3) is 0 Å². The SMILES string of the molecule is CC(=O)Oc1ccc([P+](CC[P+](c2ccccc2)(c2ccccc2)c2ccc(OC(C)=O)cc2)(c2ccccc2)c2ccccc2)cc1.Cc1ccc(S(=O)(=O)[O-])cc1.Cc1ccc(S(=O)(=O)[O-])cc1. The minimum absolute atomic E-state index is 0.178. The topological polar surface area (TPSA) is 167 Å². The predicted octanol–water partition coefficient (Wildman–Crippen LogP) is 8.62. The van der Waals surface area contributed by atoms with E-state index in [0.29, 0.717) is 11.5 Å². The Labute approximate surface area is 412 Å². The van der Waals surface area contributed by atoms with E-state index in [0.717, 1.165) is 23.5 Å². The third kappa shape index (κ3) is 13.6. The van der Waals surface area contributed by atoms with E-state index in [1.165, 1.54) is 69.9 Å². The molecule has 0 aliphatic heterocycles. The van der Waals surface area contributed by atoms with E-state index in [9.17, 15) is 35.5 Å². The van der Waals surface area contributed by atoms with Crippen molar-refractivity contribution in [2.45, 2.75) is 37.5 Å². The van der Waals surface area contributed by atoms with E-state index in [1.54, 1.807) is 24.3 Å². The van der Waals surface area contributed by atoms with Gasteiger partial charge >= 0.3 is 11.9 Å². The van der Waals surface area contributed by atoms with Crippen LogP contribution in [0.2, 0.25) is 0 Å². The van der Waals surface area contributed by atoms with Gasteiger partial charge in [-0.05, 0) is 135 Å². The average Bonchev–Trinajstić information content (AvgIpc) is 3.35. The number of hydrogen-bond donors (Lipinski definition) is 0. The molecule has 14 heteroatoms. The molecule has 0 saturated carbocycles. The van der Waals surface area contributed by atoms with Crippen molar-refractivity contribution < 1.29 is 45.0 Å². The molecule has 8 rings (SSSR count). The monoisotopic (exact) mass is 1010 g/mol. The maximum atomic E-state index is 11.8. The molecule has 0 aliphatic carbocycles. The van der Waals surface area contributed by atoms with Gasteiger partial charge in [-0.1, -0.05) is 108 Å². The van der Waals surface area contributed by atoms with E-state index >= 15 is 0 Å². The lowest BCUT2D eigenvalue weighted by Gasteiger charge is -2.32. The molecule has 0 atom stereocenters. The Balaban J connectivity index is 0.000000298. The molecule has 0 spiro atoms. The van der Waals surface area contributed by atoms with Gasteiger partial charge in [-0.2, -0.15) is 0 Å². The van der Waals surface area contributed by atoms with Gasteiger partial charge in [0, 0.05) is 13.8 Å². The summed E-state index contributed by atoms with van der Waals surface area (Å²) >= 11 is 0. The third-order valence-corrected chi connectivity index (χ3v) is 22.2. The van der Waals surface area contributed by atoms with Crippen LogP contribution in [0.25, 0.3) is 0 Å². The molecule has 0 saturated heterocycles. The first-order chi connectivity index (χ1) is 33.4. The van der Waals surface area contributed by atoms with Crippen LogP contribution < -0.4 is 41.3 Å². The van der Waals surface area contributed by atoms with Crippen LogP contribution in [-0.4, -0.2) is 50.2 Å². The second-order valence-electron chi connectivity index (χ2n) is 16.1. The number of ether oxygens (including phenoxy) is 2. The van der Waals surface area contributed by atoms with Crippen molar-refractivity contribution >= 4 is 78.5 Å². The molecule has 0 heterocycles. The fraction of sp³-hybridized carbons (Fsp3) is 0.107. The number of hydrogen-bond acceptors (Lipinski definition) is 10. The van der Waals surface area contributed by atoms with Gasteiger partial charge < -0.3 is 18.6 Å². The van der Waals surface area contributed by atoms with Crippen LogP contribution in [0.15, 0.2) is 228 Å². The average molecular weight is 1010 g/mol. The smallest absolute Gasteiger partial charge is 0.308 e. The quantitative estimate of drug-likeness (QED) is 0.0472. The van der Waals surface area contributed by atoms with Crippen molar-refractivity contribution in [2.75, 3.05) is 12.3 Å². The Hall–Kier alpha value is -6.62. The first kappa shape index (κ1) is 52.7. The van der Waals surface area contributed by atoms with Crippen LogP contribution in [0.3, 0.4) is 0 Å². The molecular weight excluding hydrogens is 959 g/mol. The Bertz CT molecular complexity index is 2880. The van der Waals surface area contributed by atoms with Gasteiger partial charge in [0.15, 0.2) is 0 Å². The van der Waals surface area contributed by atoms with E-state index < -0.39 is 34.8 Å². The lowest BCUT2D eigenvalue weighted by atomic mass is 10.2. The van der Waals surface area contributed by atoms with Gasteiger partial charge in [0.05, 0.1) is 9.79 Å². The number of carbonyl (C=O) groups excluding carboxylic acids is 2. The van der Waals surface area contributed by atoms with Crippen LogP contribution in [-0.2, 0) is 29.8 Å². The zero-order valence-electron chi connectivity index (χ0n) is 39.0. The highest BCUT2D eigenvalue weighted by atomic mass is 32.2. The first-order valence-electron chi connectivity index (χ1n) is 22.0. The van der Waals surface area contributed by atoms with Crippen molar-refractivity contribution in [3.8, 4) is 11.5 Å². The maximum Gasteiger partial charge on any atom is 0.308 e. The molecule has 358 valence electrons. The summed E-state index contributed by atoms with van der Waals surface area (Å²) in [6, 6.07) is 71.3. The van der Waals surface area contributed by atoms with Gasteiger partial charge in [0.1, 0.15) is 90.4 Å². The van der Waals surface area contributed by atoms with Crippen LogP contribution in [0.1, 0.15) is 25.0 Å². The number of rotatable bonds is 13. The van der Waals surface area contributed by atoms with Crippen LogP contribution >= 0.6 is 14.5 Å². The summed E-state index contributed by atoms with van der Waals surface area (Å²) < 4.78 is 73.3. The molecule has 0 aliphatic rings. The zero-order chi connectivity index (χ0) is 50.4. The highest BCUT2D eigenvalue weighted by Gasteiger charge is 2.52. The summed E-state index contributed by atoms with van der Waals surface area (Å²) in [7, 11) is -13.1. The highest BCUT2D eigenvalue weighted by Crippen LogP contribution is 2.62. The standard InChI is InChI=1S/C42H38O4P2.2C7H8O3S/c1-33(43)45-35-23-27-41(28-24-35)47(37-15-7-3-8-16-37,38-17-9-4-10-18-38)31-32-48(39-19-11-5-12-20-39,40-21-13-6-14-22-40)42-29-25-36(26-30-42)46-34(2)44;2*1-6-2-4-7(5-3-6)11(8,9)10/h3-30H,31-32H2,1-2H3;2*2-5H,1H3,(H,8,9,10)/q+2;;/p-2. The highest BCUT2D eigenvalue weighted by molar-refractivity contribution is 7.99. The van der Waals surface area contributed by atoms with E-state index in [2.05, 4.69) is 146 Å². The molecule has 8 aromatic rings. The van der Waals surface area contributed by atoms with Crippen molar-refractivity contribution in [1.29, 1.82) is 0 Å². The molecular formula is C56H52O10P2S2. The second-order valence-corrected chi connectivity index (χ2v) is 26.1. The van der Waals surface area contributed by atoms with Crippen LogP contribution in [0.4, 0.5) is 0 Å². The number of benzene rings is 8. The van der Waals surface area contributed by atoms with Crippen LogP contribution in [0.5, 0.6) is 11.5 Å². The summed E-state index contributed by atoms with van der Waals surface area (Å²) in [5, 5.41) is 7.61. The second kappa shape index (κ2) is 23.8. The fourth-order valence-corrected chi connectivity index (χ4v) is 18.7. The molecule has 0 unspecified atom stereocenters. The predicted molar refractivity (Wildman–Crippen MR) is 281 cm³/mol. The molecule has 0 fully saturated rings. The van der Waals surface area contributed by atoms with Crippen molar-refractivity contribution in [3.05, 3.63) is 230 Å². The Morgan fingerprint density at radius 3 is 0.814 bits per heavy atom. The first-order valence-corrected chi connectivity index (χ1v) is 28.8. The molecule has 0 amide bonds. The fourth-order valence-electron chi connectivity index (χ4n) is 7.98. The minimum atomic E-state index is -4.27. The molecule has 0 aromatic heterocycles. The van der Waals surface area contributed by atoms with Crippen LogP contribution in [0, 0.1) is 13.8 Å². The number of aryl methyl sites for hydroxylation is 2. The number of esters is 2.